The first kappa shape index (κ1) is 34.2. The molecular formula is C36H37ClFN10O3+. The second-order valence-corrected chi connectivity index (χ2v) is 13.5. The number of nitrogens with one attached hydrogen (secondary N) is 3. The number of piperidine rings is 2. The Labute approximate surface area is 297 Å². The molecule has 15 heteroatoms. The summed E-state index contributed by atoms with van der Waals surface area (Å²) in [4.78, 5) is 33.8. The van der Waals surface area contributed by atoms with Gasteiger partial charge in [0.05, 0.1) is 30.5 Å². The molecule has 6 N–H and O–H groups in total. The number of carboxylic acid groups (broad SMARTS) is 1. The third kappa shape index (κ3) is 7.30. The van der Waals surface area contributed by atoms with Crippen molar-refractivity contribution in [2.45, 2.75) is 43.3 Å². The number of likely N-dealkylation sites (tertiary alicyclic amines) is 1. The molecule has 0 bridgehead atoms. The number of halogens is 2. The van der Waals surface area contributed by atoms with Crippen LogP contribution in [0.4, 0.5) is 14.9 Å². The van der Waals surface area contributed by atoms with E-state index in [1.54, 1.807) is 66.7 Å². The average Bonchev–Trinajstić information content (AvgIpc) is 3.85. The van der Waals surface area contributed by atoms with Gasteiger partial charge in [0.15, 0.2) is 0 Å². The number of imidazole rings is 1. The third-order valence-corrected chi connectivity index (χ3v) is 10.3. The van der Waals surface area contributed by atoms with E-state index in [0.717, 1.165) is 11.1 Å². The number of quaternary nitrogens is 1. The first-order valence-electron chi connectivity index (χ1n) is 16.7. The zero-order valence-corrected chi connectivity index (χ0v) is 28.2. The smallest absolute Gasteiger partial charge is 0.409 e. The van der Waals surface area contributed by atoms with Crippen LogP contribution in [0, 0.1) is 5.82 Å². The van der Waals surface area contributed by atoms with E-state index in [4.69, 9.17) is 27.4 Å². The Morgan fingerprint density at radius 2 is 1.84 bits per heavy atom. The summed E-state index contributed by atoms with van der Waals surface area (Å²) in [5.74, 6) is 0.202. The van der Waals surface area contributed by atoms with Crippen LogP contribution in [-0.2, 0) is 4.79 Å². The Morgan fingerprint density at radius 1 is 1.08 bits per heavy atom. The lowest BCUT2D eigenvalue weighted by Gasteiger charge is -2.49. The Hall–Kier alpha value is -5.28. The summed E-state index contributed by atoms with van der Waals surface area (Å²) >= 11 is 6.36. The molecule has 13 nitrogen and oxygen atoms in total. The van der Waals surface area contributed by atoms with Crippen LogP contribution in [0.15, 0.2) is 85.3 Å². The zero-order chi connectivity index (χ0) is 35.5. The molecule has 2 aliphatic heterocycles. The summed E-state index contributed by atoms with van der Waals surface area (Å²) in [7, 11) is 0. The minimum atomic E-state index is -1.14. The number of anilines is 1. The number of hydrogen-bond acceptors (Lipinski definition) is 8. The lowest BCUT2D eigenvalue weighted by atomic mass is 9.80. The lowest BCUT2D eigenvalue weighted by Crippen LogP contribution is -2.67. The van der Waals surface area contributed by atoms with Crippen molar-refractivity contribution in [1.29, 1.82) is 0 Å². The Morgan fingerprint density at radius 3 is 2.55 bits per heavy atom. The van der Waals surface area contributed by atoms with Crippen LogP contribution in [0.5, 0.6) is 0 Å². The summed E-state index contributed by atoms with van der Waals surface area (Å²) in [5, 5.41) is 27.1. The van der Waals surface area contributed by atoms with Crippen LogP contribution >= 0.6 is 11.6 Å². The molecule has 3 atom stereocenters. The van der Waals surface area contributed by atoms with E-state index >= 15 is 0 Å². The summed E-state index contributed by atoms with van der Waals surface area (Å²) in [6.45, 7) is 1.71. The standard InChI is InChI=1S/C36H36ClFN10O3/c37-25-6-11-32(47-21-42-45-46-47)24(17-25)5-12-33(49)48(15-13-27(39)14-16-48)29-18-30(22-1-7-26(38)8-2-22)34(40-19-29)35-41-20-31(44-35)23-3-9-28(10-4-23)43-36(50)51/h1-12,17,20-21,27,29-30,34,40H,13-16,18-19,39H2,(H2-,41,43,44,45,46,50,51)/p+1/b12-5+. The van der Waals surface area contributed by atoms with E-state index in [0.29, 0.717) is 72.4 Å². The number of amides is 2. The molecule has 262 valence electrons. The number of nitrogens with zero attached hydrogens (tertiary/aromatic N) is 6. The van der Waals surface area contributed by atoms with E-state index in [2.05, 4.69) is 31.1 Å². The van der Waals surface area contributed by atoms with E-state index < -0.39 is 6.09 Å². The number of carbonyl (C=O) groups excluding carboxylic acids is 1. The molecule has 51 heavy (non-hydrogen) atoms. The van der Waals surface area contributed by atoms with Crippen LogP contribution in [0.25, 0.3) is 23.0 Å². The summed E-state index contributed by atoms with van der Waals surface area (Å²) < 4.78 is 15.9. The Balaban J connectivity index is 1.19. The van der Waals surface area contributed by atoms with Crippen molar-refractivity contribution in [2.24, 2.45) is 5.73 Å². The molecule has 4 heterocycles. The van der Waals surface area contributed by atoms with E-state index in [-0.39, 0.29) is 40.3 Å². The van der Waals surface area contributed by atoms with Crippen molar-refractivity contribution in [3.05, 3.63) is 113 Å². The minimum Gasteiger partial charge on any atom is -0.465 e. The van der Waals surface area contributed by atoms with Gasteiger partial charge in [-0.25, -0.2) is 19.0 Å². The summed E-state index contributed by atoms with van der Waals surface area (Å²) in [6, 6.07) is 18.5. The molecule has 0 saturated carbocycles. The molecule has 2 fully saturated rings. The fourth-order valence-electron chi connectivity index (χ4n) is 7.37. The second-order valence-electron chi connectivity index (χ2n) is 13.1. The van der Waals surface area contributed by atoms with E-state index in [1.807, 2.05) is 6.20 Å². The number of nitrogens with two attached hydrogens (primary N) is 1. The van der Waals surface area contributed by atoms with Gasteiger partial charge in [0.1, 0.15) is 24.0 Å². The van der Waals surface area contributed by atoms with Crippen molar-refractivity contribution in [2.75, 3.05) is 25.0 Å². The number of aromatic amines is 1. The molecule has 0 radical (unpaired) electrons. The number of aromatic nitrogens is 6. The molecular weight excluding hydrogens is 675 g/mol. The average molecular weight is 712 g/mol. The highest BCUT2D eigenvalue weighted by atomic mass is 35.5. The highest BCUT2D eigenvalue weighted by Gasteiger charge is 2.49. The molecule has 5 aromatic rings. The topological polar surface area (TPSA) is 177 Å². The fraction of sp³-hybridized carbons (Fsp3) is 0.278. The number of benzene rings is 3. The van der Waals surface area contributed by atoms with Crippen LogP contribution in [0.2, 0.25) is 5.02 Å². The zero-order valence-electron chi connectivity index (χ0n) is 27.5. The predicted molar refractivity (Wildman–Crippen MR) is 189 cm³/mol. The molecule has 2 amide bonds. The second kappa shape index (κ2) is 14.5. The van der Waals surface area contributed by atoms with Crippen LogP contribution in [0.1, 0.15) is 48.2 Å². The maximum atomic E-state index is 14.5. The highest BCUT2D eigenvalue weighted by Crippen LogP contribution is 2.41. The maximum absolute atomic E-state index is 14.5. The SMILES string of the molecule is NC1CC[N+](C(=O)/C=C/c2cc(Cl)ccc2-n2cnnn2)(C2CNC(c3nc(-c4ccc(NC(=O)O)cc4)c[nH]3)C(c3ccc(F)cc3)C2)CC1. The largest absolute Gasteiger partial charge is 0.465 e. The normalized spacial score (nSPS) is 23.7. The van der Waals surface area contributed by atoms with Gasteiger partial charge in [0.2, 0.25) is 0 Å². The summed E-state index contributed by atoms with van der Waals surface area (Å²) in [5.41, 5.74) is 10.7. The van der Waals surface area contributed by atoms with Gasteiger partial charge in [-0.2, -0.15) is 4.68 Å². The van der Waals surface area contributed by atoms with Crippen LogP contribution in [-0.4, -0.2) is 83.5 Å². The van der Waals surface area contributed by atoms with E-state index in [9.17, 15) is 14.0 Å². The van der Waals surface area contributed by atoms with Crippen molar-refractivity contribution < 1.29 is 23.6 Å². The first-order valence-corrected chi connectivity index (χ1v) is 17.1. The van der Waals surface area contributed by atoms with Gasteiger partial charge >= 0.3 is 12.0 Å². The quantitative estimate of drug-likeness (QED) is 0.106. The van der Waals surface area contributed by atoms with Crippen LogP contribution in [0.3, 0.4) is 0 Å². The lowest BCUT2D eigenvalue weighted by molar-refractivity contribution is -0.882. The summed E-state index contributed by atoms with van der Waals surface area (Å²) in [6.07, 6.45) is 7.61. The van der Waals surface area contributed by atoms with Crippen LogP contribution < -0.4 is 16.4 Å². The molecule has 7 rings (SSSR count). The number of tetrazole rings is 1. The number of hydrogen-bond donors (Lipinski definition) is 5. The number of carbonyl (C=O) groups is 2. The number of rotatable bonds is 8. The van der Waals surface area contributed by atoms with Gasteiger partial charge < -0.3 is 21.1 Å². The van der Waals surface area contributed by atoms with Gasteiger partial charge in [-0.3, -0.25) is 9.80 Å². The minimum absolute atomic E-state index is 0.0140. The Kier molecular flexibility index (Phi) is 9.73. The first-order chi connectivity index (χ1) is 24.7. The van der Waals surface area contributed by atoms with Gasteiger partial charge in [0.25, 0.3) is 0 Å². The maximum Gasteiger partial charge on any atom is 0.409 e. The van der Waals surface area contributed by atoms with Crippen molar-refractivity contribution >= 4 is 35.4 Å². The molecule has 0 spiro atoms. The van der Waals surface area contributed by atoms with Crippen molar-refractivity contribution in [3.8, 4) is 16.9 Å². The van der Waals surface area contributed by atoms with Gasteiger partial charge in [-0.1, -0.05) is 35.9 Å². The molecule has 0 aliphatic carbocycles. The van der Waals surface area contributed by atoms with Crippen molar-refractivity contribution in [3.63, 3.8) is 0 Å². The monoisotopic (exact) mass is 711 g/mol. The van der Waals surface area contributed by atoms with Crippen molar-refractivity contribution in [1.82, 2.24) is 35.5 Å². The predicted octanol–water partition coefficient (Wildman–Crippen LogP) is 5.30. The van der Waals surface area contributed by atoms with Gasteiger partial charge in [0, 0.05) is 71.9 Å². The molecule has 2 saturated heterocycles. The van der Waals surface area contributed by atoms with E-state index in [1.165, 1.54) is 23.1 Å². The Bertz CT molecular complexity index is 2030. The molecule has 2 aliphatic rings. The fourth-order valence-corrected chi connectivity index (χ4v) is 7.55. The molecule has 3 unspecified atom stereocenters. The third-order valence-electron chi connectivity index (χ3n) is 10.1. The molecule has 3 aromatic carbocycles. The molecule has 2 aromatic heterocycles. The van der Waals surface area contributed by atoms with Gasteiger partial charge in [-0.05, 0) is 64.5 Å². The number of H-pyrrole nitrogens is 1. The van der Waals surface area contributed by atoms with Gasteiger partial charge in [-0.15, -0.1) is 5.10 Å². The highest BCUT2D eigenvalue weighted by molar-refractivity contribution is 6.30.